The molecule has 16 heavy (non-hydrogen) atoms. The van der Waals surface area contributed by atoms with Crippen molar-refractivity contribution < 1.29 is 4.79 Å². The van der Waals surface area contributed by atoms with Crippen LogP contribution in [0.5, 0.6) is 0 Å². The van der Waals surface area contributed by atoms with Crippen LogP contribution in [0.1, 0.15) is 47.5 Å². The molecular formula is C13H28N2O. The summed E-state index contributed by atoms with van der Waals surface area (Å²) in [7, 11) is 0. The molecule has 0 fully saturated rings. The van der Waals surface area contributed by atoms with Crippen molar-refractivity contribution >= 4 is 5.91 Å². The average molecular weight is 228 g/mol. The number of carbonyl (C=O) groups is 1. The zero-order chi connectivity index (χ0) is 12.6. The van der Waals surface area contributed by atoms with Crippen LogP contribution in [0.3, 0.4) is 0 Å². The molecule has 0 radical (unpaired) electrons. The van der Waals surface area contributed by atoms with Gasteiger partial charge in [0.05, 0.1) is 0 Å². The molecule has 0 heterocycles. The van der Waals surface area contributed by atoms with Gasteiger partial charge >= 0.3 is 0 Å². The van der Waals surface area contributed by atoms with Crippen LogP contribution in [0.25, 0.3) is 0 Å². The molecule has 1 unspecified atom stereocenters. The van der Waals surface area contributed by atoms with E-state index >= 15 is 0 Å². The first-order valence-corrected chi connectivity index (χ1v) is 6.56. The fourth-order valence-corrected chi connectivity index (χ4v) is 2.08. The van der Waals surface area contributed by atoms with Gasteiger partial charge in [-0.15, -0.1) is 0 Å². The molecule has 96 valence electrons. The van der Waals surface area contributed by atoms with E-state index in [-0.39, 0.29) is 5.91 Å². The molecule has 3 nitrogen and oxygen atoms in total. The molecule has 0 aliphatic heterocycles. The molecule has 1 amide bonds. The third kappa shape index (κ3) is 5.50. The summed E-state index contributed by atoms with van der Waals surface area (Å²) in [4.78, 5) is 15.6. The zero-order valence-corrected chi connectivity index (χ0v) is 11.6. The molecule has 1 atom stereocenters. The van der Waals surface area contributed by atoms with Crippen molar-refractivity contribution in [2.24, 2.45) is 0 Å². The topological polar surface area (TPSA) is 23.6 Å². The van der Waals surface area contributed by atoms with Gasteiger partial charge in [0, 0.05) is 32.6 Å². The minimum Gasteiger partial charge on any atom is -0.342 e. The summed E-state index contributed by atoms with van der Waals surface area (Å²) in [5, 5.41) is 0. The van der Waals surface area contributed by atoms with Gasteiger partial charge in [-0.1, -0.05) is 20.3 Å². The number of amides is 1. The average Bonchev–Trinajstić information content (AvgIpc) is 2.24. The summed E-state index contributed by atoms with van der Waals surface area (Å²) in [5.41, 5.74) is 0. The highest BCUT2D eigenvalue weighted by Crippen LogP contribution is 2.06. The van der Waals surface area contributed by atoms with Crippen LogP contribution in [-0.4, -0.2) is 47.9 Å². The van der Waals surface area contributed by atoms with Crippen LogP contribution in [0.2, 0.25) is 0 Å². The second-order valence-electron chi connectivity index (χ2n) is 4.36. The quantitative estimate of drug-likeness (QED) is 0.637. The summed E-state index contributed by atoms with van der Waals surface area (Å²) in [6, 6.07) is 0.626. The molecule has 0 spiro atoms. The normalized spacial score (nSPS) is 12.9. The Balaban J connectivity index is 4.07. The van der Waals surface area contributed by atoms with E-state index in [1.165, 1.54) is 12.8 Å². The lowest BCUT2D eigenvalue weighted by Crippen LogP contribution is -2.41. The van der Waals surface area contributed by atoms with Crippen LogP contribution in [0.4, 0.5) is 0 Å². The van der Waals surface area contributed by atoms with E-state index in [0.717, 1.165) is 26.2 Å². The van der Waals surface area contributed by atoms with Crippen LogP contribution < -0.4 is 0 Å². The van der Waals surface area contributed by atoms with Crippen LogP contribution in [-0.2, 0) is 4.79 Å². The van der Waals surface area contributed by atoms with Crippen molar-refractivity contribution in [2.75, 3.05) is 26.2 Å². The van der Waals surface area contributed by atoms with E-state index in [4.69, 9.17) is 0 Å². The first-order valence-electron chi connectivity index (χ1n) is 6.56. The predicted octanol–water partition coefficient (Wildman–Crippen LogP) is 2.37. The van der Waals surface area contributed by atoms with Crippen LogP contribution in [0, 0.1) is 0 Å². The van der Waals surface area contributed by atoms with E-state index in [0.29, 0.717) is 6.04 Å². The summed E-state index contributed by atoms with van der Waals surface area (Å²) in [6.45, 7) is 14.1. The van der Waals surface area contributed by atoms with Crippen molar-refractivity contribution in [1.29, 1.82) is 0 Å². The number of hydrogen-bond acceptors (Lipinski definition) is 2. The maximum atomic E-state index is 11.3. The van der Waals surface area contributed by atoms with E-state index in [1.54, 1.807) is 6.92 Å². The van der Waals surface area contributed by atoms with Gasteiger partial charge < -0.3 is 4.90 Å². The number of hydrogen-bond donors (Lipinski definition) is 0. The molecule has 0 saturated carbocycles. The molecular weight excluding hydrogens is 200 g/mol. The second kappa shape index (κ2) is 8.57. The predicted molar refractivity (Wildman–Crippen MR) is 69.5 cm³/mol. The number of likely N-dealkylation sites (N-methyl/N-ethyl adjacent to an activating group) is 2. The summed E-state index contributed by atoms with van der Waals surface area (Å²) < 4.78 is 0. The van der Waals surface area contributed by atoms with Gasteiger partial charge in [0.2, 0.25) is 5.91 Å². The second-order valence-corrected chi connectivity index (χ2v) is 4.36. The fourth-order valence-electron chi connectivity index (χ4n) is 2.08. The van der Waals surface area contributed by atoms with Crippen molar-refractivity contribution in [2.45, 2.75) is 53.5 Å². The SMILES string of the molecule is CCCC(C)N(CC)CCN(CC)C(C)=O. The van der Waals surface area contributed by atoms with Gasteiger partial charge in [0.25, 0.3) is 0 Å². The Morgan fingerprint density at radius 2 is 1.75 bits per heavy atom. The molecule has 0 aromatic carbocycles. The standard InChI is InChI=1S/C13H28N2O/c1-6-9-12(4)14(7-2)10-11-15(8-3)13(5)16/h12H,6-11H2,1-5H3. The van der Waals surface area contributed by atoms with Crippen molar-refractivity contribution in [3.63, 3.8) is 0 Å². The Kier molecular flexibility index (Phi) is 8.26. The first-order chi connectivity index (χ1) is 7.56. The smallest absolute Gasteiger partial charge is 0.219 e. The van der Waals surface area contributed by atoms with Crippen molar-refractivity contribution in [3.05, 3.63) is 0 Å². The van der Waals surface area contributed by atoms with Gasteiger partial charge in [0.1, 0.15) is 0 Å². The monoisotopic (exact) mass is 228 g/mol. The third-order valence-corrected chi connectivity index (χ3v) is 3.22. The number of nitrogens with zero attached hydrogens (tertiary/aromatic N) is 2. The minimum atomic E-state index is 0.182. The van der Waals surface area contributed by atoms with Gasteiger partial charge in [-0.3, -0.25) is 9.69 Å². The maximum Gasteiger partial charge on any atom is 0.219 e. The zero-order valence-electron chi connectivity index (χ0n) is 11.6. The van der Waals surface area contributed by atoms with E-state index < -0.39 is 0 Å². The lowest BCUT2D eigenvalue weighted by Gasteiger charge is -2.30. The maximum absolute atomic E-state index is 11.3. The highest BCUT2D eigenvalue weighted by atomic mass is 16.2. The summed E-state index contributed by atoms with van der Waals surface area (Å²) in [5.74, 6) is 0.182. The van der Waals surface area contributed by atoms with Gasteiger partial charge in [-0.05, 0) is 26.8 Å². The molecule has 0 N–H and O–H groups in total. The van der Waals surface area contributed by atoms with Crippen LogP contribution >= 0.6 is 0 Å². The van der Waals surface area contributed by atoms with E-state index in [9.17, 15) is 4.79 Å². The third-order valence-electron chi connectivity index (χ3n) is 3.22. The molecule has 3 heteroatoms. The molecule has 0 aromatic heterocycles. The highest BCUT2D eigenvalue weighted by molar-refractivity contribution is 5.73. The minimum absolute atomic E-state index is 0.182. The Bertz CT molecular complexity index is 194. The molecule has 0 aliphatic rings. The number of carbonyl (C=O) groups excluding carboxylic acids is 1. The van der Waals surface area contributed by atoms with Gasteiger partial charge in [0.15, 0.2) is 0 Å². The van der Waals surface area contributed by atoms with E-state index in [1.807, 2.05) is 11.8 Å². The Morgan fingerprint density at radius 1 is 1.12 bits per heavy atom. The molecule has 0 saturated heterocycles. The summed E-state index contributed by atoms with van der Waals surface area (Å²) >= 11 is 0. The molecule has 0 bridgehead atoms. The molecule has 0 aromatic rings. The van der Waals surface area contributed by atoms with Gasteiger partial charge in [-0.25, -0.2) is 0 Å². The van der Waals surface area contributed by atoms with Gasteiger partial charge in [-0.2, -0.15) is 0 Å². The van der Waals surface area contributed by atoms with E-state index in [2.05, 4.69) is 25.7 Å². The lowest BCUT2D eigenvalue weighted by molar-refractivity contribution is -0.128. The van der Waals surface area contributed by atoms with Crippen LogP contribution in [0.15, 0.2) is 0 Å². The lowest BCUT2D eigenvalue weighted by atomic mass is 10.1. The summed E-state index contributed by atoms with van der Waals surface area (Å²) in [6.07, 6.45) is 2.46. The fraction of sp³-hybridized carbons (Fsp3) is 0.923. The Labute approximate surface area is 101 Å². The number of rotatable bonds is 8. The molecule has 0 rings (SSSR count). The highest BCUT2D eigenvalue weighted by Gasteiger charge is 2.13. The molecule has 0 aliphatic carbocycles. The Morgan fingerprint density at radius 3 is 2.12 bits per heavy atom. The van der Waals surface area contributed by atoms with Crippen molar-refractivity contribution in [1.82, 2.24) is 9.80 Å². The Hall–Kier alpha value is -0.570. The first kappa shape index (κ1) is 15.4. The van der Waals surface area contributed by atoms with Crippen molar-refractivity contribution in [3.8, 4) is 0 Å². The largest absolute Gasteiger partial charge is 0.342 e.